The van der Waals surface area contributed by atoms with E-state index in [1.165, 1.54) is 57.8 Å². The van der Waals surface area contributed by atoms with Crippen molar-refractivity contribution in [3.8, 4) is 0 Å². The molecule has 0 spiro atoms. The van der Waals surface area contributed by atoms with Gasteiger partial charge in [0.1, 0.15) is 30.2 Å². The second-order valence-corrected chi connectivity index (χ2v) is 13.3. The molecule has 1 aliphatic rings. The second-order valence-electron chi connectivity index (χ2n) is 13.3. The third-order valence-corrected chi connectivity index (χ3v) is 9.11. The Morgan fingerprint density at radius 1 is 0.689 bits per heavy atom. The topological polar surface area (TPSA) is 209 Å². The lowest BCUT2D eigenvalue weighted by Gasteiger charge is -2.38. The van der Waals surface area contributed by atoms with Crippen LogP contribution in [0.15, 0.2) is 0 Å². The van der Waals surface area contributed by atoms with E-state index in [2.05, 4.69) is 0 Å². The largest absolute Gasteiger partial charge is 0.395 e. The SMILES string of the molecule is C[C@@H](N)[C@H](O)CCCCCCCCCCCCCCC(=O)CCCCCCC[C@@H](OC[C@H]1O[C@@H](O)[C@H](O)[C@@H](O)[C@@H]1O)[C@@H](N)CO. The fourth-order valence-corrected chi connectivity index (χ4v) is 5.85. The molecule has 0 aromatic carbocycles. The van der Waals surface area contributed by atoms with E-state index in [0.29, 0.717) is 25.0 Å². The number of hydrogen-bond donors (Lipinski definition) is 8. The minimum atomic E-state index is -1.63. The molecule has 0 unspecified atom stereocenters. The highest BCUT2D eigenvalue weighted by Crippen LogP contribution is 2.22. The number of carbonyl (C=O) groups is 1. The maximum Gasteiger partial charge on any atom is 0.184 e. The van der Waals surface area contributed by atoms with Gasteiger partial charge in [0.15, 0.2) is 6.29 Å². The molecule has 0 amide bonds. The first-order valence-corrected chi connectivity index (χ1v) is 17.9. The van der Waals surface area contributed by atoms with Crippen molar-refractivity contribution in [2.45, 2.75) is 197 Å². The Bertz CT molecular complexity index is 717. The van der Waals surface area contributed by atoms with Gasteiger partial charge in [-0.1, -0.05) is 96.3 Å². The zero-order valence-corrected chi connectivity index (χ0v) is 28.0. The molecule has 0 bridgehead atoms. The molecule has 0 aromatic rings. The van der Waals surface area contributed by atoms with Gasteiger partial charge >= 0.3 is 0 Å². The van der Waals surface area contributed by atoms with E-state index in [0.717, 1.165) is 57.8 Å². The fraction of sp³-hybridized carbons (Fsp3) is 0.971. The molecule has 1 heterocycles. The molecule has 268 valence electrons. The smallest absolute Gasteiger partial charge is 0.184 e. The van der Waals surface area contributed by atoms with E-state index in [-0.39, 0.29) is 25.4 Å². The van der Waals surface area contributed by atoms with Crippen molar-refractivity contribution in [2.75, 3.05) is 13.2 Å². The Balaban J connectivity index is 1.96. The summed E-state index contributed by atoms with van der Waals surface area (Å²) in [6.45, 7) is 1.44. The van der Waals surface area contributed by atoms with E-state index in [1.54, 1.807) is 0 Å². The molecule has 1 rings (SSSR count). The van der Waals surface area contributed by atoms with Gasteiger partial charge < -0.3 is 51.6 Å². The number of hydrogen-bond acceptors (Lipinski definition) is 11. The van der Waals surface area contributed by atoms with Gasteiger partial charge in [-0.25, -0.2) is 0 Å². The van der Waals surface area contributed by atoms with Crippen molar-refractivity contribution in [1.29, 1.82) is 0 Å². The van der Waals surface area contributed by atoms with Gasteiger partial charge in [0.25, 0.3) is 0 Å². The number of Topliss-reactive ketones (excluding diaryl/α,β-unsaturated/α-hetero) is 1. The quantitative estimate of drug-likeness (QED) is 0.0553. The van der Waals surface area contributed by atoms with Gasteiger partial charge in [-0.15, -0.1) is 0 Å². The summed E-state index contributed by atoms with van der Waals surface area (Å²) in [5.74, 6) is 0.360. The molecule has 11 heteroatoms. The van der Waals surface area contributed by atoms with Gasteiger partial charge in [0, 0.05) is 18.9 Å². The molecule has 0 saturated carbocycles. The average molecular weight is 649 g/mol. The molecule has 10 N–H and O–H groups in total. The molecule has 1 saturated heterocycles. The van der Waals surface area contributed by atoms with Crippen LogP contribution in [0.3, 0.4) is 0 Å². The standard InChI is InChI=1S/C34H68N2O9/c1-25(35)28(39)21-17-13-9-7-5-3-2-4-6-8-11-15-19-26(38)20-16-12-10-14-18-22-29(27(36)23-37)44-24-30-31(40)32(41)33(42)34(43)45-30/h25,27-34,37,39-43H,2-24,35-36H2,1H3/t25-,27+,28-,29-,30-,31-,32+,33-,34-/m1/s1. The molecule has 9 atom stereocenters. The number of carbonyl (C=O) groups excluding carboxylic acids is 1. The van der Waals surface area contributed by atoms with Crippen LogP contribution < -0.4 is 11.5 Å². The van der Waals surface area contributed by atoms with E-state index in [9.17, 15) is 35.4 Å². The first-order valence-electron chi connectivity index (χ1n) is 17.9. The summed E-state index contributed by atoms with van der Waals surface area (Å²) in [5, 5.41) is 58.4. The summed E-state index contributed by atoms with van der Waals surface area (Å²) in [7, 11) is 0. The summed E-state index contributed by atoms with van der Waals surface area (Å²) in [6, 6.07) is -0.753. The van der Waals surface area contributed by atoms with Crippen LogP contribution in [-0.4, -0.2) is 105 Å². The molecule has 45 heavy (non-hydrogen) atoms. The second kappa shape index (κ2) is 26.3. The highest BCUT2D eigenvalue weighted by atomic mass is 16.6. The number of ketones is 1. The Hall–Kier alpha value is -0.730. The lowest BCUT2D eigenvalue weighted by atomic mass is 9.99. The summed E-state index contributed by atoms with van der Waals surface area (Å²) in [6.07, 6.45) is 13.9. The van der Waals surface area contributed by atoms with Gasteiger partial charge in [0.05, 0.1) is 31.5 Å². The Kier molecular flexibility index (Phi) is 24.7. The Morgan fingerprint density at radius 3 is 1.60 bits per heavy atom. The van der Waals surface area contributed by atoms with Crippen LogP contribution in [-0.2, 0) is 14.3 Å². The third-order valence-electron chi connectivity index (χ3n) is 9.11. The van der Waals surface area contributed by atoms with Gasteiger partial charge in [-0.3, -0.25) is 4.79 Å². The van der Waals surface area contributed by atoms with Crippen LogP contribution in [0.4, 0.5) is 0 Å². The van der Waals surface area contributed by atoms with Gasteiger partial charge in [0.2, 0.25) is 0 Å². The summed E-state index contributed by atoms with van der Waals surface area (Å²) < 4.78 is 10.9. The molecule has 1 fully saturated rings. The van der Waals surface area contributed by atoms with Crippen LogP contribution in [0.25, 0.3) is 0 Å². The van der Waals surface area contributed by atoms with Crippen molar-refractivity contribution in [2.24, 2.45) is 11.5 Å². The summed E-state index contributed by atoms with van der Waals surface area (Å²) in [4.78, 5) is 12.2. The molecule has 1 aliphatic heterocycles. The maximum atomic E-state index is 12.2. The van der Waals surface area contributed by atoms with Crippen molar-refractivity contribution < 1.29 is 44.9 Å². The molecule has 0 aliphatic carbocycles. The van der Waals surface area contributed by atoms with E-state index < -0.39 is 42.9 Å². The molecule has 0 radical (unpaired) electrons. The Morgan fingerprint density at radius 2 is 1.13 bits per heavy atom. The molecular weight excluding hydrogens is 580 g/mol. The number of nitrogens with two attached hydrogens (primary N) is 2. The van der Waals surface area contributed by atoms with Crippen LogP contribution in [0.5, 0.6) is 0 Å². The highest BCUT2D eigenvalue weighted by Gasteiger charge is 2.43. The Labute approximate surface area is 272 Å². The van der Waals surface area contributed by atoms with Crippen molar-refractivity contribution in [1.82, 2.24) is 0 Å². The van der Waals surface area contributed by atoms with Gasteiger partial charge in [-0.05, 0) is 32.6 Å². The molecule has 11 nitrogen and oxygen atoms in total. The number of rotatable bonds is 29. The van der Waals surface area contributed by atoms with Crippen molar-refractivity contribution in [3.05, 3.63) is 0 Å². The normalized spacial score (nSPS) is 24.8. The maximum absolute atomic E-state index is 12.2. The fourth-order valence-electron chi connectivity index (χ4n) is 5.85. The minimum absolute atomic E-state index is 0.131. The number of unbranched alkanes of at least 4 members (excludes halogenated alkanes) is 15. The van der Waals surface area contributed by atoms with E-state index in [4.69, 9.17) is 20.9 Å². The van der Waals surface area contributed by atoms with Crippen molar-refractivity contribution >= 4 is 5.78 Å². The predicted octanol–water partition coefficient (Wildman–Crippen LogP) is 2.96. The summed E-state index contributed by atoms with van der Waals surface area (Å²) in [5.41, 5.74) is 11.7. The monoisotopic (exact) mass is 648 g/mol. The molecular formula is C34H68N2O9. The van der Waals surface area contributed by atoms with Crippen LogP contribution in [0.1, 0.15) is 142 Å². The lowest BCUT2D eigenvalue weighted by Crippen LogP contribution is -2.59. The number of ether oxygens (including phenoxy) is 2. The van der Waals surface area contributed by atoms with Crippen LogP contribution in [0.2, 0.25) is 0 Å². The van der Waals surface area contributed by atoms with Crippen LogP contribution >= 0.6 is 0 Å². The van der Waals surface area contributed by atoms with Gasteiger partial charge in [-0.2, -0.15) is 0 Å². The van der Waals surface area contributed by atoms with E-state index in [1.807, 2.05) is 6.92 Å². The number of aliphatic hydroxyl groups is 6. The van der Waals surface area contributed by atoms with E-state index >= 15 is 0 Å². The van der Waals surface area contributed by atoms with Crippen molar-refractivity contribution in [3.63, 3.8) is 0 Å². The summed E-state index contributed by atoms with van der Waals surface area (Å²) >= 11 is 0. The zero-order chi connectivity index (χ0) is 33.5. The lowest BCUT2D eigenvalue weighted by molar-refractivity contribution is -0.290. The first kappa shape index (κ1) is 42.3. The zero-order valence-electron chi connectivity index (χ0n) is 28.0. The number of aliphatic hydroxyl groups excluding tert-OH is 6. The minimum Gasteiger partial charge on any atom is -0.395 e. The average Bonchev–Trinajstić information content (AvgIpc) is 3.02. The van der Waals surface area contributed by atoms with Crippen LogP contribution in [0, 0.1) is 0 Å². The predicted molar refractivity (Wildman–Crippen MR) is 175 cm³/mol. The first-order chi connectivity index (χ1) is 21.6. The molecule has 0 aromatic heterocycles. The third kappa shape index (κ3) is 19.6. The highest BCUT2D eigenvalue weighted by molar-refractivity contribution is 5.78.